The molecule has 0 aromatic heterocycles. The van der Waals surface area contributed by atoms with Crippen molar-refractivity contribution in [3.63, 3.8) is 0 Å². The molecule has 12 heavy (non-hydrogen) atoms. The Labute approximate surface area is 77.4 Å². The summed E-state index contributed by atoms with van der Waals surface area (Å²) in [7, 11) is 0. The third-order valence-corrected chi connectivity index (χ3v) is 1.96. The van der Waals surface area contributed by atoms with E-state index in [4.69, 9.17) is 0 Å². The quantitative estimate of drug-likeness (QED) is 0.549. The van der Waals surface area contributed by atoms with Gasteiger partial charge in [0.25, 0.3) is 0 Å². The second kappa shape index (κ2) is 6.05. The van der Waals surface area contributed by atoms with Gasteiger partial charge in [-0.1, -0.05) is 58.4 Å². The van der Waals surface area contributed by atoms with Crippen LogP contribution in [0.5, 0.6) is 0 Å². The van der Waals surface area contributed by atoms with Crippen LogP contribution in [0, 0.1) is 11.8 Å². The molecule has 0 bridgehead atoms. The summed E-state index contributed by atoms with van der Waals surface area (Å²) in [5.74, 6) is 1.35. The first-order valence-electron chi connectivity index (χ1n) is 4.95. The van der Waals surface area contributed by atoms with Crippen molar-refractivity contribution < 1.29 is 0 Å². The third-order valence-electron chi connectivity index (χ3n) is 1.96. The van der Waals surface area contributed by atoms with E-state index in [0.717, 1.165) is 0 Å². The zero-order valence-corrected chi connectivity index (χ0v) is 9.09. The van der Waals surface area contributed by atoms with Gasteiger partial charge in [0.15, 0.2) is 0 Å². The maximum Gasteiger partial charge on any atom is -0.0257 e. The van der Waals surface area contributed by atoms with Crippen molar-refractivity contribution in [2.75, 3.05) is 0 Å². The molecular formula is C12H22. The summed E-state index contributed by atoms with van der Waals surface area (Å²) in [5, 5.41) is 0. The van der Waals surface area contributed by atoms with E-state index < -0.39 is 0 Å². The van der Waals surface area contributed by atoms with Gasteiger partial charge in [0, 0.05) is 0 Å². The van der Waals surface area contributed by atoms with Crippen LogP contribution in [0.15, 0.2) is 23.8 Å². The van der Waals surface area contributed by atoms with Gasteiger partial charge in [0.05, 0.1) is 0 Å². The Morgan fingerprint density at radius 1 is 1.17 bits per heavy atom. The van der Waals surface area contributed by atoms with Crippen LogP contribution in [0.2, 0.25) is 0 Å². The highest BCUT2D eigenvalue weighted by molar-refractivity contribution is 5.14. The molecule has 0 aromatic rings. The van der Waals surface area contributed by atoms with Crippen LogP contribution in [0.3, 0.4) is 0 Å². The summed E-state index contributed by atoms with van der Waals surface area (Å²) in [6.45, 7) is 11.1. The maximum atomic E-state index is 2.25. The van der Waals surface area contributed by atoms with E-state index in [-0.39, 0.29) is 0 Å². The lowest BCUT2D eigenvalue weighted by Crippen LogP contribution is -1.91. The lowest BCUT2D eigenvalue weighted by atomic mass is 10.0. The maximum absolute atomic E-state index is 2.25. The molecular weight excluding hydrogens is 144 g/mol. The number of hydrogen-bond acceptors (Lipinski definition) is 0. The van der Waals surface area contributed by atoms with E-state index in [2.05, 4.69) is 52.8 Å². The molecule has 0 N–H and O–H groups in total. The van der Waals surface area contributed by atoms with Crippen LogP contribution in [0.1, 0.15) is 41.0 Å². The molecule has 0 aromatic carbocycles. The van der Waals surface area contributed by atoms with E-state index >= 15 is 0 Å². The SMILES string of the molecule is CC/C(=C/C=C\C(C)C)C(C)C. The first-order chi connectivity index (χ1) is 5.57. The predicted octanol–water partition coefficient (Wildman–Crippen LogP) is 4.19. The smallest absolute Gasteiger partial charge is 0.0257 e. The van der Waals surface area contributed by atoms with Gasteiger partial charge in [-0.25, -0.2) is 0 Å². The molecule has 0 aliphatic carbocycles. The topological polar surface area (TPSA) is 0 Å². The second-order valence-electron chi connectivity index (χ2n) is 3.88. The normalized spacial score (nSPS) is 13.8. The van der Waals surface area contributed by atoms with Crippen LogP contribution in [-0.2, 0) is 0 Å². The van der Waals surface area contributed by atoms with Gasteiger partial charge in [-0.3, -0.25) is 0 Å². The Bertz CT molecular complexity index is 159. The molecule has 0 rings (SSSR count). The molecule has 0 aliphatic heterocycles. The fourth-order valence-electron chi connectivity index (χ4n) is 1.12. The molecule has 0 atom stereocenters. The van der Waals surface area contributed by atoms with Crippen molar-refractivity contribution in [2.45, 2.75) is 41.0 Å². The average Bonchev–Trinajstić information content (AvgIpc) is 1.96. The molecule has 0 heterocycles. The molecule has 0 fully saturated rings. The van der Waals surface area contributed by atoms with Gasteiger partial charge in [-0.05, 0) is 18.3 Å². The average molecular weight is 166 g/mol. The van der Waals surface area contributed by atoms with Crippen molar-refractivity contribution in [3.05, 3.63) is 23.8 Å². The highest BCUT2D eigenvalue weighted by Crippen LogP contribution is 2.13. The molecule has 0 unspecified atom stereocenters. The molecule has 0 nitrogen and oxygen atoms in total. The summed E-state index contributed by atoms with van der Waals surface area (Å²) in [4.78, 5) is 0. The van der Waals surface area contributed by atoms with E-state index in [0.29, 0.717) is 11.8 Å². The summed E-state index contributed by atoms with van der Waals surface area (Å²) in [6.07, 6.45) is 7.84. The minimum absolute atomic E-state index is 0.659. The van der Waals surface area contributed by atoms with Gasteiger partial charge >= 0.3 is 0 Å². The summed E-state index contributed by atoms with van der Waals surface area (Å²) >= 11 is 0. The summed E-state index contributed by atoms with van der Waals surface area (Å²) in [6, 6.07) is 0. The highest BCUT2D eigenvalue weighted by Gasteiger charge is 1.97. The molecule has 0 spiro atoms. The Hall–Kier alpha value is -0.520. The van der Waals surface area contributed by atoms with Crippen LogP contribution >= 0.6 is 0 Å². The summed E-state index contributed by atoms with van der Waals surface area (Å²) < 4.78 is 0. The number of allylic oxidation sites excluding steroid dienone is 4. The Morgan fingerprint density at radius 2 is 1.75 bits per heavy atom. The van der Waals surface area contributed by atoms with Crippen LogP contribution in [-0.4, -0.2) is 0 Å². The fraction of sp³-hybridized carbons (Fsp3) is 0.667. The van der Waals surface area contributed by atoms with Crippen LogP contribution in [0.4, 0.5) is 0 Å². The molecule has 0 heteroatoms. The van der Waals surface area contributed by atoms with Crippen LogP contribution < -0.4 is 0 Å². The molecule has 0 aliphatic rings. The fourth-order valence-corrected chi connectivity index (χ4v) is 1.12. The second-order valence-corrected chi connectivity index (χ2v) is 3.88. The minimum atomic E-state index is 0.659. The Morgan fingerprint density at radius 3 is 2.08 bits per heavy atom. The van der Waals surface area contributed by atoms with E-state index in [9.17, 15) is 0 Å². The lowest BCUT2D eigenvalue weighted by molar-refractivity contribution is 0.732. The number of hydrogen-bond donors (Lipinski definition) is 0. The monoisotopic (exact) mass is 166 g/mol. The Kier molecular flexibility index (Phi) is 5.79. The van der Waals surface area contributed by atoms with Gasteiger partial charge in [-0.15, -0.1) is 0 Å². The number of rotatable bonds is 4. The zero-order chi connectivity index (χ0) is 9.56. The summed E-state index contributed by atoms with van der Waals surface area (Å²) in [5.41, 5.74) is 1.53. The standard InChI is InChI=1S/C12H22/c1-6-12(11(4)5)9-7-8-10(2)3/h7-11H,6H2,1-5H3/b8-7-,12-9-. The van der Waals surface area contributed by atoms with Crippen LogP contribution in [0.25, 0.3) is 0 Å². The van der Waals surface area contributed by atoms with Crippen molar-refractivity contribution in [3.8, 4) is 0 Å². The lowest BCUT2D eigenvalue weighted by Gasteiger charge is -2.06. The molecule has 0 saturated heterocycles. The first-order valence-corrected chi connectivity index (χ1v) is 4.95. The third kappa shape index (κ3) is 5.17. The Balaban J connectivity index is 4.11. The van der Waals surface area contributed by atoms with Crippen molar-refractivity contribution >= 4 is 0 Å². The highest BCUT2D eigenvalue weighted by atomic mass is 14.0. The first kappa shape index (κ1) is 11.5. The zero-order valence-electron chi connectivity index (χ0n) is 9.09. The molecule has 0 radical (unpaired) electrons. The van der Waals surface area contributed by atoms with Gasteiger partial charge in [0.2, 0.25) is 0 Å². The molecule has 70 valence electrons. The van der Waals surface area contributed by atoms with Crippen molar-refractivity contribution in [1.29, 1.82) is 0 Å². The molecule has 0 saturated carbocycles. The van der Waals surface area contributed by atoms with Crippen molar-refractivity contribution in [2.24, 2.45) is 11.8 Å². The van der Waals surface area contributed by atoms with E-state index in [1.165, 1.54) is 12.0 Å². The van der Waals surface area contributed by atoms with Gasteiger partial charge in [0.1, 0.15) is 0 Å². The van der Waals surface area contributed by atoms with Gasteiger partial charge in [-0.2, -0.15) is 0 Å². The largest absolute Gasteiger partial charge is 0.0820 e. The van der Waals surface area contributed by atoms with E-state index in [1.54, 1.807) is 0 Å². The van der Waals surface area contributed by atoms with Crippen molar-refractivity contribution in [1.82, 2.24) is 0 Å². The van der Waals surface area contributed by atoms with Gasteiger partial charge < -0.3 is 0 Å². The molecule has 0 amide bonds. The predicted molar refractivity (Wildman–Crippen MR) is 57.2 cm³/mol. The minimum Gasteiger partial charge on any atom is -0.0820 e. The van der Waals surface area contributed by atoms with E-state index in [1.807, 2.05) is 0 Å².